The van der Waals surface area contributed by atoms with E-state index in [0.29, 0.717) is 17.5 Å². The maximum Gasteiger partial charge on any atom is 0.256 e. The molecule has 0 heterocycles. The van der Waals surface area contributed by atoms with E-state index in [9.17, 15) is 9.18 Å². The summed E-state index contributed by atoms with van der Waals surface area (Å²) in [5.74, 6) is 0.0782. The molecule has 0 aromatic heterocycles. The van der Waals surface area contributed by atoms with Crippen LogP contribution in [0.3, 0.4) is 0 Å². The van der Waals surface area contributed by atoms with E-state index in [2.05, 4.69) is 13.8 Å². The molecule has 0 unspecified atom stereocenters. The fraction of sp³-hybridized carbons (Fsp3) is 0.533. The van der Waals surface area contributed by atoms with Crippen LogP contribution < -0.4 is 5.73 Å². The Kier molecular flexibility index (Phi) is 4.08. The standard InChI is InChI=1S/C15H21FN2O/c1-10(2)7-8-18(12-4-5-12)15(19)13-6-3-11(16)9-14(13)17/h3,6,9-10,12H,4-5,7-8,17H2,1-2H3. The number of hydrogen-bond acceptors (Lipinski definition) is 2. The zero-order valence-electron chi connectivity index (χ0n) is 11.5. The second-order valence-electron chi connectivity index (χ2n) is 5.64. The van der Waals surface area contributed by atoms with Crippen LogP contribution in [-0.2, 0) is 0 Å². The molecule has 3 nitrogen and oxygen atoms in total. The third-order valence-corrected chi connectivity index (χ3v) is 3.44. The maximum atomic E-state index is 13.0. The number of carbonyl (C=O) groups excluding carboxylic acids is 1. The smallest absolute Gasteiger partial charge is 0.256 e. The monoisotopic (exact) mass is 264 g/mol. The summed E-state index contributed by atoms with van der Waals surface area (Å²) in [6.45, 7) is 5.03. The lowest BCUT2D eigenvalue weighted by molar-refractivity contribution is 0.0736. The first-order chi connectivity index (χ1) is 8.99. The van der Waals surface area contributed by atoms with Crippen LogP contribution in [0.2, 0.25) is 0 Å². The Balaban J connectivity index is 2.14. The van der Waals surface area contributed by atoms with E-state index in [1.807, 2.05) is 4.90 Å². The molecule has 104 valence electrons. The van der Waals surface area contributed by atoms with Crippen LogP contribution in [0.15, 0.2) is 18.2 Å². The van der Waals surface area contributed by atoms with Crippen molar-refractivity contribution in [1.82, 2.24) is 4.90 Å². The first-order valence-corrected chi connectivity index (χ1v) is 6.85. The first-order valence-electron chi connectivity index (χ1n) is 6.85. The summed E-state index contributed by atoms with van der Waals surface area (Å²) in [6.07, 6.45) is 3.10. The fourth-order valence-electron chi connectivity index (χ4n) is 2.12. The van der Waals surface area contributed by atoms with Gasteiger partial charge in [0.05, 0.1) is 5.56 Å². The van der Waals surface area contributed by atoms with Gasteiger partial charge in [-0.3, -0.25) is 4.79 Å². The van der Waals surface area contributed by atoms with Gasteiger partial charge in [-0.25, -0.2) is 4.39 Å². The topological polar surface area (TPSA) is 46.3 Å². The van der Waals surface area contributed by atoms with Gasteiger partial charge in [0.15, 0.2) is 0 Å². The number of rotatable bonds is 5. The Hall–Kier alpha value is -1.58. The quantitative estimate of drug-likeness (QED) is 0.831. The third-order valence-electron chi connectivity index (χ3n) is 3.44. The second kappa shape index (κ2) is 5.59. The van der Waals surface area contributed by atoms with Crippen molar-refractivity contribution in [2.75, 3.05) is 12.3 Å². The summed E-state index contributed by atoms with van der Waals surface area (Å²) in [6, 6.07) is 4.33. The number of benzene rings is 1. The average Bonchev–Trinajstić information content (AvgIpc) is 3.13. The summed E-state index contributed by atoms with van der Waals surface area (Å²) in [5, 5.41) is 0. The summed E-state index contributed by atoms with van der Waals surface area (Å²) < 4.78 is 13.0. The van der Waals surface area contributed by atoms with Crippen molar-refractivity contribution in [2.45, 2.75) is 39.2 Å². The van der Waals surface area contributed by atoms with E-state index in [1.165, 1.54) is 18.2 Å². The fourth-order valence-corrected chi connectivity index (χ4v) is 2.12. The van der Waals surface area contributed by atoms with Crippen molar-refractivity contribution in [3.8, 4) is 0 Å². The van der Waals surface area contributed by atoms with Crippen LogP contribution in [-0.4, -0.2) is 23.4 Å². The molecule has 0 spiro atoms. The van der Waals surface area contributed by atoms with E-state index >= 15 is 0 Å². The van der Waals surface area contributed by atoms with E-state index in [4.69, 9.17) is 5.73 Å². The van der Waals surface area contributed by atoms with Crippen LogP contribution in [0.25, 0.3) is 0 Å². The molecule has 1 fully saturated rings. The molecule has 1 amide bonds. The molecule has 19 heavy (non-hydrogen) atoms. The number of nitrogens with two attached hydrogens (primary N) is 1. The average molecular weight is 264 g/mol. The molecule has 0 saturated heterocycles. The number of halogens is 1. The van der Waals surface area contributed by atoms with Crippen LogP contribution in [0.5, 0.6) is 0 Å². The Morgan fingerprint density at radius 3 is 2.68 bits per heavy atom. The minimum absolute atomic E-state index is 0.0688. The molecule has 0 aliphatic heterocycles. The predicted octanol–water partition coefficient (Wildman–Crippen LogP) is 3.06. The lowest BCUT2D eigenvalue weighted by Crippen LogP contribution is -2.35. The number of hydrogen-bond donors (Lipinski definition) is 1. The summed E-state index contributed by atoms with van der Waals surface area (Å²) in [5.41, 5.74) is 6.39. The molecule has 0 atom stereocenters. The van der Waals surface area contributed by atoms with Crippen LogP contribution >= 0.6 is 0 Å². The Labute approximate surface area is 113 Å². The Morgan fingerprint density at radius 1 is 1.47 bits per heavy atom. The minimum Gasteiger partial charge on any atom is -0.398 e. The van der Waals surface area contributed by atoms with Crippen LogP contribution in [0.4, 0.5) is 10.1 Å². The first kappa shape index (κ1) is 13.8. The van der Waals surface area contributed by atoms with E-state index in [0.717, 1.165) is 25.8 Å². The highest BCUT2D eigenvalue weighted by Crippen LogP contribution is 2.30. The van der Waals surface area contributed by atoms with Crippen LogP contribution in [0.1, 0.15) is 43.5 Å². The SMILES string of the molecule is CC(C)CCN(C(=O)c1ccc(F)cc1N)C1CC1. The highest BCUT2D eigenvalue weighted by Gasteiger charge is 2.33. The second-order valence-corrected chi connectivity index (χ2v) is 5.64. The number of nitrogens with zero attached hydrogens (tertiary/aromatic N) is 1. The number of nitrogen functional groups attached to an aromatic ring is 1. The molecular weight excluding hydrogens is 243 g/mol. The lowest BCUT2D eigenvalue weighted by atomic mass is 10.1. The van der Waals surface area contributed by atoms with Gasteiger partial charge in [-0.2, -0.15) is 0 Å². The molecule has 1 aliphatic carbocycles. The van der Waals surface area contributed by atoms with E-state index < -0.39 is 5.82 Å². The van der Waals surface area contributed by atoms with Crippen molar-refractivity contribution in [3.05, 3.63) is 29.6 Å². The summed E-state index contributed by atoms with van der Waals surface area (Å²) >= 11 is 0. The maximum absolute atomic E-state index is 13.0. The van der Waals surface area contributed by atoms with Gasteiger partial charge in [-0.15, -0.1) is 0 Å². The highest BCUT2D eigenvalue weighted by molar-refractivity contribution is 5.99. The number of anilines is 1. The van der Waals surface area contributed by atoms with Gasteiger partial charge >= 0.3 is 0 Å². The lowest BCUT2D eigenvalue weighted by Gasteiger charge is -2.24. The molecule has 1 aromatic carbocycles. The van der Waals surface area contributed by atoms with E-state index in [1.54, 1.807) is 0 Å². The van der Waals surface area contributed by atoms with Gasteiger partial charge in [0.2, 0.25) is 0 Å². The molecule has 1 aliphatic rings. The summed E-state index contributed by atoms with van der Waals surface area (Å²) in [7, 11) is 0. The third kappa shape index (κ3) is 3.46. The summed E-state index contributed by atoms with van der Waals surface area (Å²) in [4.78, 5) is 14.4. The van der Waals surface area contributed by atoms with Gasteiger partial charge < -0.3 is 10.6 Å². The minimum atomic E-state index is -0.408. The number of amides is 1. The molecule has 4 heteroatoms. The highest BCUT2D eigenvalue weighted by atomic mass is 19.1. The van der Waals surface area contributed by atoms with Crippen molar-refractivity contribution < 1.29 is 9.18 Å². The zero-order valence-corrected chi connectivity index (χ0v) is 11.5. The van der Waals surface area contributed by atoms with Crippen molar-refractivity contribution in [3.63, 3.8) is 0 Å². The Bertz CT molecular complexity index is 469. The molecule has 1 saturated carbocycles. The van der Waals surface area contributed by atoms with E-state index in [-0.39, 0.29) is 11.6 Å². The van der Waals surface area contributed by atoms with Crippen molar-refractivity contribution >= 4 is 11.6 Å². The predicted molar refractivity (Wildman–Crippen MR) is 74.3 cm³/mol. The van der Waals surface area contributed by atoms with Gasteiger partial charge in [-0.05, 0) is 43.4 Å². The van der Waals surface area contributed by atoms with Gasteiger partial charge in [0, 0.05) is 18.3 Å². The zero-order chi connectivity index (χ0) is 14.0. The molecule has 2 rings (SSSR count). The molecule has 1 aromatic rings. The number of carbonyl (C=O) groups is 1. The van der Waals surface area contributed by atoms with Crippen LogP contribution in [0, 0.1) is 11.7 Å². The molecule has 0 bridgehead atoms. The normalized spacial score (nSPS) is 14.7. The molecule has 0 radical (unpaired) electrons. The molecular formula is C15H21FN2O. The van der Waals surface area contributed by atoms with Gasteiger partial charge in [0.25, 0.3) is 5.91 Å². The Morgan fingerprint density at radius 2 is 2.16 bits per heavy atom. The van der Waals surface area contributed by atoms with Crippen molar-refractivity contribution in [2.24, 2.45) is 5.92 Å². The molecule has 2 N–H and O–H groups in total. The largest absolute Gasteiger partial charge is 0.398 e. The van der Waals surface area contributed by atoms with Crippen molar-refractivity contribution in [1.29, 1.82) is 0 Å². The van der Waals surface area contributed by atoms with Gasteiger partial charge in [0.1, 0.15) is 5.82 Å². The van der Waals surface area contributed by atoms with Gasteiger partial charge in [-0.1, -0.05) is 13.8 Å².